The van der Waals surface area contributed by atoms with E-state index in [1.165, 1.54) is 7.11 Å². The molecule has 0 aliphatic carbocycles. The fourth-order valence-electron chi connectivity index (χ4n) is 2.58. The molecular formula is C21H21ClO4. The number of phenols is 1. The second-order valence-electron chi connectivity index (χ2n) is 6.00. The van der Waals surface area contributed by atoms with Crippen molar-refractivity contribution in [2.24, 2.45) is 0 Å². The highest BCUT2D eigenvalue weighted by molar-refractivity contribution is 6.34. The predicted octanol–water partition coefficient (Wildman–Crippen LogP) is 5.43. The summed E-state index contributed by atoms with van der Waals surface area (Å²) in [5.41, 5.74) is 2.24. The lowest BCUT2D eigenvalue weighted by molar-refractivity contribution is 0.0693. The number of carbonyl (C=O) groups is 1. The molecule has 136 valence electrons. The molecule has 0 unspecified atom stereocenters. The largest absolute Gasteiger partial charge is 0.507 e. The van der Waals surface area contributed by atoms with Gasteiger partial charge in [-0.2, -0.15) is 0 Å². The minimum atomic E-state index is -1.25. The van der Waals surface area contributed by atoms with Gasteiger partial charge in [-0.3, -0.25) is 0 Å². The van der Waals surface area contributed by atoms with Gasteiger partial charge in [0, 0.05) is 11.1 Å². The van der Waals surface area contributed by atoms with Gasteiger partial charge in [-0.05, 0) is 25.8 Å². The zero-order valence-corrected chi connectivity index (χ0v) is 15.7. The number of allylic oxidation sites excluding steroid dienone is 2. The lowest BCUT2D eigenvalue weighted by Gasteiger charge is -2.17. The van der Waals surface area contributed by atoms with E-state index in [9.17, 15) is 15.0 Å². The van der Waals surface area contributed by atoms with E-state index in [0.717, 1.165) is 11.1 Å². The quantitative estimate of drug-likeness (QED) is 0.524. The maximum atomic E-state index is 11.8. The third kappa shape index (κ3) is 4.27. The standard InChI is InChI=1S/C21H21ClO4/c1-13(2)9-11-16-19(23)17(21(24)25)15(18(22)20(16)26-3)12-10-14-7-5-4-6-8-14/h4-10,12,23H,11H2,1-3H3,(H,24,25)/b12-10+. The molecule has 2 aromatic rings. The van der Waals surface area contributed by atoms with Crippen LogP contribution in [-0.4, -0.2) is 23.3 Å². The lowest BCUT2D eigenvalue weighted by atomic mass is 9.97. The van der Waals surface area contributed by atoms with E-state index in [4.69, 9.17) is 16.3 Å². The van der Waals surface area contributed by atoms with Crippen molar-refractivity contribution in [1.82, 2.24) is 0 Å². The van der Waals surface area contributed by atoms with Crippen molar-refractivity contribution in [3.8, 4) is 11.5 Å². The second-order valence-corrected chi connectivity index (χ2v) is 6.38. The maximum Gasteiger partial charge on any atom is 0.340 e. The van der Waals surface area contributed by atoms with Crippen molar-refractivity contribution >= 4 is 29.7 Å². The van der Waals surface area contributed by atoms with E-state index in [1.807, 2.05) is 50.3 Å². The molecule has 0 amide bonds. The number of carboxylic acids is 1. The number of hydrogen-bond acceptors (Lipinski definition) is 3. The maximum absolute atomic E-state index is 11.8. The van der Waals surface area contributed by atoms with E-state index in [-0.39, 0.29) is 27.6 Å². The van der Waals surface area contributed by atoms with Gasteiger partial charge in [-0.1, -0.05) is 65.7 Å². The molecule has 0 aromatic heterocycles. The van der Waals surface area contributed by atoms with Gasteiger partial charge >= 0.3 is 5.97 Å². The smallest absolute Gasteiger partial charge is 0.340 e. The molecule has 0 saturated carbocycles. The molecule has 2 N–H and O–H groups in total. The fraction of sp³-hybridized carbons (Fsp3) is 0.190. The highest BCUT2D eigenvalue weighted by Crippen LogP contribution is 2.43. The molecule has 0 fully saturated rings. The number of methoxy groups -OCH3 is 1. The molecule has 0 aliphatic heterocycles. The van der Waals surface area contributed by atoms with Gasteiger partial charge in [-0.25, -0.2) is 4.79 Å². The summed E-state index contributed by atoms with van der Waals surface area (Å²) in [6.07, 6.45) is 5.51. The van der Waals surface area contributed by atoms with Crippen LogP contribution in [0, 0.1) is 0 Å². The molecule has 26 heavy (non-hydrogen) atoms. The molecule has 2 rings (SSSR count). The lowest BCUT2D eigenvalue weighted by Crippen LogP contribution is -2.06. The van der Waals surface area contributed by atoms with E-state index in [0.29, 0.717) is 12.0 Å². The van der Waals surface area contributed by atoms with Crippen LogP contribution >= 0.6 is 11.6 Å². The summed E-state index contributed by atoms with van der Waals surface area (Å²) in [5, 5.41) is 20.4. The van der Waals surface area contributed by atoms with Crippen molar-refractivity contribution in [2.45, 2.75) is 20.3 Å². The summed E-state index contributed by atoms with van der Waals surface area (Å²) in [4.78, 5) is 11.8. The van der Waals surface area contributed by atoms with Crippen LogP contribution in [0.1, 0.15) is 40.9 Å². The average molecular weight is 373 g/mol. The van der Waals surface area contributed by atoms with Gasteiger partial charge in [-0.15, -0.1) is 0 Å². The third-order valence-electron chi connectivity index (χ3n) is 3.88. The predicted molar refractivity (Wildman–Crippen MR) is 105 cm³/mol. The van der Waals surface area contributed by atoms with Gasteiger partial charge in [0.1, 0.15) is 17.1 Å². The molecule has 2 aromatic carbocycles. The van der Waals surface area contributed by atoms with Crippen LogP contribution in [0.25, 0.3) is 12.2 Å². The Kier molecular flexibility index (Phi) is 6.47. The molecule has 0 heterocycles. The van der Waals surface area contributed by atoms with E-state index < -0.39 is 5.97 Å². The van der Waals surface area contributed by atoms with Crippen molar-refractivity contribution in [1.29, 1.82) is 0 Å². The SMILES string of the molecule is COc1c(Cl)c(/C=C/c2ccccc2)c(C(=O)O)c(O)c1CC=C(C)C. The molecule has 5 heteroatoms. The van der Waals surface area contributed by atoms with E-state index in [2.05, 4.69) is 0 Å². The normalized spacial score (nSPS) is 10.8. The Morgan fingerprint density at radius 3 is 2.38 bits per heavy atom. The Labute approximate surface area is 158 Å². The minimum absolute atomic E-state index is 0.159. The highest BCUT2D eigenvalue weighted by Gasteiger charge is 2.25. The first-order valence-electron chi connectivity index (χ1n) is 8.07. The summed E-state index contributed by atoms with van der Waals surface area (Å²) in [7, 11) is 1.44. The van der Waals surface area contributed by atoms with Crippen molar-refractivity contribution in [3.63, 3.8) is 0 Å². The summed E-state index contributed by atoms with van der Waals surface area (Å²) >= 11 is 6.45. The minimum Gasteiger partial charge on any atom is -0.507 e. The number of rotatable bonds is 6. The number of aromatic hydroxyl groups is 1. The number of carboxylic acid groups (broad SMARTS) is 1. The van der Waals surface area contributed by atoms with E-state index >= 15 is 0 Å². The van der Waals surface area contributed by atoms with Gasteiger partial charge in [0.15, 0.2) is 0 Å². The Morgan fingerprint density at radius 2 is 1.85 bits per heavy atom. The van der Waals surface area contributed by atoms with Crippen LogP contribution in [0.2, 0.25) is 5.02 Å². The van der Waals surface area contributed by atoms with Crippen molar-refractivity contribution < 1.29 is 19.7 Å². The Hall–Kier alpha value is -2.72. The molecule has 0 radical (unpaired) electrons. The number of benzene rings is 2. The molecular weight excluding hydrogens is 352 g/mol. The zero-order chi connectivity index (χ0) is 19.3. The molecule has 0 spiro atoms. The Balaban J connectivity index is 2.68. The second kappa shape index (κ2) is 8.59. The Morgan fingerprint density at radius 1 is 1.19 bits per heavy atom. The summed E-state index contributed by atoms with van der Waals surface area (Å²) in [6.45, 7) is 3.83. The number of ether oxygens (including phenoxy) is 1. The molecule has 0 atom stereocenters. The zero-order valence-electron chi connectivity index (χ0n) is 14.9. The van der Waals surface area contributed by atoms with Crippen LogP contribution < -0.4 is 4.74 Å². The monoisotopic (exact) mass is 372 g/mol. The van der Waals surface area contributed by atoms with Crippen molar-refractivity contribution in [2.75, 3.05) is 7.11 Å². The number of hydrogen-bond donors (Lipinski definition) is 2. The highest BCUT2D eigenvalue weighted by atomic mass is 35.5. The van der Waals surface area contributed by atoms with Crippen LogP contribution in [0.3, 0.4) is 0 Å². The molecule has 0 aliphatic rings. The van der Waals surface area contributed by atoms with Crippen LogP contribution in [0.5, 0.6) is 11.5 Å². The fourth-order valence-corrected chi connectivity index (χ4v) is 2.92. The van der Waals surface area contributed by atoms with E-state index in [1.54, 1.807) is 12.2 Å². The summed E-state index contributed by atoms with van der Waals surface area (Å²) in [5.74, 6) is -1.30. The Bertz CT molecular complexity index is 864. The van der Waals surface area contributed by atoms with Gasteiger partial charge < -0.3 is 14.9 Å². The summed E-state index contributed by atoms with van der Waals surface area (Å²) < 4.78 is 5.37. The topological polar surface area (TPSA) is 66.8 Å². The first-order chi connectivity index (χ1) is 12.4. The molecule has 4 nitrogen and oxygen atoms in total. The van der Waals surface area contributed by atoms with Crippen LogP contribution in [-0.2, 0) is 6.42 Å². The number of aromatic carboxylic acids is 1. The first kappa shape index (κ1) is 19.6. The molecule has 0 bridgehead atoms. The molecule has 0 saturated heterocycles. The van der Waals surface area contributed by atoms with Crippen LogP contribution in [0.15, 0.2) is 42.0 Å². The van der Waals surface area contributed by atoms with Gasteiger partial charge in [0.05, 0.1) is 12.1 Å². The van der Waals surface area contributed by atoms with Crippen molar-refractivity contribution in [3.05, 3.63) is 69.3 Å². The van der Waals surface area contributed by atoms with Gasteiger partial charge in [0.2, 0.25) is 0 Å². The average Bonchev–Trinajstić information content (AvgIpc) is 2.60. The van der Waals surface area contributed by atoms with Crippen LogP contribution in [0.4, 0.5) is 0 Å². The van der Waals surface area contributed by atoms with Gasteiger partial charge in [0.25, 0.3) is 0 Å². The third-order valence-corrected chi connectivity index (χ3v) is 4.25. The first-order valence-corrected chi connectivity index (χ1v) is 8.45. The summed E-state index contributed by atoms with van der Waals surface area (Å²) in [6, 6.07) is 9.40. The number of halogens is 1.